The van der Waals surface area contributed by atoms with Gasteiger partial charge in [0.15, 0.2) is 5.16 Å². The number of carbonyl (C=O) groups is 1. The van der Waals surface area contributed by atoms with E-state index in [0.29, 0.717) is 10.7 Å². The van der Waals surface area contributed by atoms with Gasteiger partial charge in [-0.05, 0) is 12.2 Å². The van der Waals surface area contributed by atoms with Crippen LogP contribution in [-0.4, -0.2) is 22.1 Å². The van der Waals surface area contributed by atoms with Gasteiger partial charge in [-0.2, -0.15) is 0 Å². The Bertz CT molecular complexity index is 352. The van der Waals surface area contributed by atoms with Crippen molar-refractivity contribution >= 4 is 17.7 Å². The zero-order valence-electron chi connectivity index (χ0n) is 8.44. The molecule has 1 aromatic rings. The number of amides is 1. The first-order valence-corrected chi connectivity index (χ1v) is 5.49. The van der Waals surface area contributed by atoms with Crippen LogP contribution in [0, 0.1) is 0 Å². The highest BCUT2D eigenvalue weighted by Crippen LogP contribution is 2.18. The minimum atomic E-state index is -0.471. The topological polar surface area (TPSA) is 68.9 Å². The molecule has 76 valence electrons. The van der Waals surface area contributed by atoms with Gasteiger partial charge in [0.25, 0.3) is 5.91 Å². The van der Waals surface area contributed by atoms with Crippen LogP contribution in [0.4, 0.5) is 0 Å². The van der Waals surface area contributed by atoms with Crippen LogP contribution in [0.5, 0.6) is 0 Å². The molecule has 0 saturated carbocycles. The van der Waals surface area contributed by atoms with Gasteiger partial charge in [0.2, 0.25) is 0 Å². The van der Waals surface area contributed by atoms with Crippen molar-refractivity contribution < 1.29 is 4.79 Å². The molecule has 2 N–H and O–H groups in total. The lowest BCUT2D eigenvalue weighted by Gasteiger charge is -2.09. The lowest BCUT2D eigenvalue weighted by Crippen LogP contribution is -2.16. The molecule has 0 atom stereocenters. The van der Waals surface area contributed by atoms with Crippen molar-refractivity contribution in [3.05, 3.63) is 17.5 Å². The van der Waals surface area contributed by atoms with Crippen molar-refractivity contribution in [2.75, 3.05) is 6.26 Å². The fourth-order valence-corrected chi connectivity index (χ4v) is 1.45. The summed E-state index contributed by atoms with van der Waals surface area (Å²) in [6.07, 6.45) is 3.39. The number of thioether (sulfide) groups is 1. The molecule has 14 heavy (non-hydrogen) atoms. The fraction of sp³-hybridized carbons (Fsp3) is 0.444. The molecule has 4 nitrogen and oxygen atoms in total. The highest BCUT2D eigenvalue weighted by atomic mass is 32.2. The zero-order chi connectivity index (χ0) is 10.7. The number of rotatable bonds is 3. The molecule has 0 spiro atoms. The summed E-state index contributed by atoms with van der Waals surface area (Å²) < 4.78 is 0. The van der Waals surface area contributed by atoms with Gasteiger partial charge >= 0.3 is 0 Å². The van der Waals surface area contributed by atoms with Crippen molar-refractivity contribution in [1.29, 1.82) is 0 Å². The van der Waals surface area contributed by atoms with Crippen molar-refractivity contribution in [3.8, 4) is 0 Å². The Morgan fingerprint density at radius 1 is 1.57 bits per heavy atom. The minimum absolute atomic E-state index is 0.173. The maximum atomic E-state index is 11.1. The molecule has 0 aliphatic heterocycles. The van der Waals surface area contributed by atoms with E-state index in [1.807, 2.05) is 20.1 Å². The number of primary amides is 1. The fourth-order valence-electron chi connectivity index (χ4n) is 1.11. The number of hydrogen-bond donors (Lipinski definition) is 1. The summed E-state index contributed by atoms with van der Waals surface area (Å²) in [7, 11) is 0. The quantitative estimate of drug-likeness (QED) is 0.606. The standard InChI is InChI=1S/C9H13N3OS/c1-5(2)7-6(8(10)13)4-11-9(12-7)14-3/h4-5H,1-3H3,(H2,10,13). The van der Waals surface area contributed by atoms with Gasteiger partial charge in [0.05, 0.1) is 11.3 Å². The summed E-state index contributed by atoms with van der Waals surface area (Å²) >= 11 is 1.45. The van der Waals surface area contributed by atoms with Gasteiger partial charge in [0.1, 0.15) is 0 Å². The molecule has 0 aromatic carbocycles. The molecular weight excluding hydrogens is 198 g/mol. The Balaban J connectivity index is 3.24. The van der Waals surface area contributed by atoms with Crippen LogP contribution in [0.2, 0.25) is 0 Å². The molecular formula is C9H13N3OS. The Labute approximate surface area is 87.3 Å². The van der Waals surface area contributed by atoms with E-state index >= 15 is 0 Å². The van der Waals surface area contributed by atoms with Gasteiger partial charge in [0, 0.05) is 6.20 Å². The summed E-state index contributed by atoms with van der Waals surface area (Å²) in [6.45, 7) is 3.94. The van der Waals surface area contributed by atoms with Gasteiger partial charge in [-0.3, -0.25) is 4.79 Å². The van der Waals surface area contributed by atoms with Gasteiger partial charge in [-0.1, -0.05) is 25.6 Å². The molecule has 0 fully saturated rings. The predicted octanol–water partition coefficient (Wildman–Crippen LogP) is 1.42. The Kier molecular flexibility index (Phi) is 3.46. The van der Waals surface area contributed by atoms with E-state index in [4.69, 9.17) is 5.73 Å². The van der Waals surface area contributed by atoms with Crippen LogP contribution in [0.15, 0.2) is 11.4 Å². The maximum Gasteiger partial charge on any atom is 0.252 e. The first-order valence-electron chi connectivity index (χ1n) is 4.27. The summed E-state index contributed by atoms with van der Waals surface area (Å²) in [5, 5.41) is 0.665. The predicted molar refractivity (Wildman–Crippen MR) is 56.4 cm³/mol. The zero-order valence-corrected chi connectivity index (χ0v) is 9.26. The first kappa shape index (κ1) is 11.0. The SMILES string of the molecule is CSc1ncc(C(N)=O)c(C(C)C)n1. The van der Waals surface area contributed by atoms with Crippen molar-refractivity contribution in [3.63, 3.8) is 0 Å². The lowest BCUT2D eigenvalue weighted by molar-refractivity contribution is 0.0998. The molecule has 0 aliphatic rings. The molecule has 0 radical (unpaired) electrons. The van der Waals surface area contributed by atoms with E-state index in [2.05, 4.69) is 9.97 Å². The van der Waals surface area contributed by atoms with E-state index in [1.165, 1.54) is 18.0 Å². The van der Waals surface area contributed by atoms with Crippen molar-refractivity contribution in [2.45, 2.75) is 24.9 Å². The van der Waals surface area contributed by atoms with E-state index in [1.54, 1.807) is 0 Å². The van der Waals surface area contributed by atoms with Gasteiger partial charge in [-0.25, -0.2) is 9.97 Å². The smallest absolute Gasteiger partial charge is 0.252 e. The molecule has 1 aromatic heterocycles. The van der Waals surface area contributed by atoms with Crippen LogP contribution in [-0.2, 0) is 0 Å². The molecule has 1 amide bonds. The van der Waals surface area contributed by atoms with E-state index < -0.39 is 5.91 Å². The summed E-state index contributed by atoms with van der Waals surface area (Å²) in [5.74, 6) is -0.298. The molecule has 1 rings (SSSR count). The van der Waals surface area contributed by atoms with E-state index in [9.17, 15) is 4.79 Å². The Morgan fingerprint density at radius 2 is 2.21 bits per heavy atom. The third-order valence-electron chi connectivity index (χ3n) is 1.79. The lowest BCUT2D eigenvalue weighted by atomic mass is 10.1. The number of nitrogens with zero attached hydrogens (tertiary/aromatic N) is 2. The van der Waals surface area contributed by atoms with Crippen molar-refractivity contribution in [1.82, 2.24) is 9.97 Å². The maximum absolute atomic E-state index is 11.1. The number of aromatic nitrogens is 2. The van der Waals surface area contributed by atoms with Crippen molar-refractivity contribution in [2.24, 2.45) is 5.73 Å². The molecule has 5 heteroatoms. The third-order valence-corrected chi connectivity index (χ3v) is 2.35. The monoisotopic (exact) mass is 211 g/mol. The van der Waals surface area contributed by atoms with Crippen LogP contribution < -0.4 is 5.73 Å². The molecule has 0 unspecified atom stereocenters. The van der Waals surface area contributed by atoms with Crippen LogP contribution in [0.3, 0.4) is 0 Å². The minimum Gasteiger partial charge on any atom is -0.365 e. The van der Waals surface area contributed by atoms with Gasteiger partial charge < -0.3 is 5.73 Å². The highest BCUT2D eigenvalue weighted by molar-refractivity contribution is 7.98. The van der Waals surface area contributed by atoms with Gasteiger partial charge in [-0.15, -0.1) is 0 Å². The van der Waals surface area contributed by atoms with E-state index in [0.717, 1.165) is 5.69 Å². The largest absolute Gasteiger partial charge is 0.365 e. The third kappa shape index (κ3) is 2.23. The normalized spacial score (nSPS) is 10.6. The summed E-state index contributed by atoms with van der Waals surface area (Å²) in [6, 6.07) is 0. The molecule has 1 heterocycles. The van der Waals surface area contributed by atoms with Crippen LogP contribution >= 0.6 is 11.8 Å². The molecule has 0 bridgehead atoms. The number of hydrogen-bond acceptors (Lipinski definition) is 4. The van der Waals surface area contributed by atoms with Crippen LogP contribution in [0.25, 0.3) is 0 Å². The second-order valence-corrected chi connectivity index (χ2v) is 3.95. The molecule has 0 saturated heterocycles. The first-order chi connectivity index (χ1) is 6.56. The average molecular weight is 211 g/mol. The number of nitrogens with two attached hydrogens (primary N) is 1. The highest BCUT2D eigenvalue weighted by Gasteiger charge is 2.14. The Morgan fingerprint density at radius 3 is 2.64 bits per heavy atom. The number of carbonyl (C=O) groups excluding carboxylic acids is 1. The summed E-state index contributed by atoms with van der Waals surface area (Å²) in [4.78, 5) is 19.3. The Hall–Kier alpha value is -1.10. The second-order valence-electron chi connectivity index (χ2n) is 3.17. The van der Waals surface area contributed by atoms with E-state index in [-0.39, 0.29) is 5.92 Å². The summed E-state index contributed by atoms with van der Waals surface area (Å²) in [5.41, 5.74) is 6.35. The average Bonchev–Trinajstić information content (AvgIpc) is 2.16. The van der Waals surface area contributed by atoms with Crippen LogP contribution in [0.1, 0.15) is 35.8 Å². The second kappa shape index (κ2) is 4.41. The molecule has 0 aliphatic carbocycles.